The van der Waals surface area contributed by atoms with Crippen LogP contribution in [-0.4, -0.2) is 20.9 Å². The Kier molecular flexibility index (Phi) is 4.08. The van der Waals surface area contributed by atoms with Gasteiger partial charge in [-0.15, -0.1) is 0 Å². The number of hydrogen-bond donors (Lipinski definition) is 2. The van der Waals surface area contributed by atoms with Crippen LogP contribution in [0, 0.1) is 5.82 Å². The quantitative estimate of drug-likeness (QED) is 0.829. The fourth-order valence-electron chi connectivity index (χ4n) is 2.21. The molecular weight excluding hydrogens is 335 g/mol. The summed E-state index contributed by atoms with van der Waals surface area (Å²) in [6.45, 7) is -0.0240. The lowest BCUT2D eigenvalue weighted by molar-refractivity contribution is -0.118. The zero-order valence-corrected chi connectivity index (χ0v) is 13.1. The zero-order chi connectivity index (χ0) is 17.3. The van der Waals surface area contributed by atoms with E-state index in [4.69, 9.17) is 9.88 Å². The molecule has 0 unspecified atom stereocenters. The standard InChI is InChI=1S/C16H13FN2O4S/c17-13-8-12(24(18,21)22)5-4-11(13)3-1-10-2-6-15-14(7-10)19-16(20)9-23-15/h1-8H,9H2,(H,19,20)(H2,18,21,22)/b3-1+. The minimum absolute atomic E-state index is 0.0240. The molecule has 2 aromatic carbocycles. The molecule has 0 fully saturated rings. The highest BCUT2D eigenvalue weighted by Gasteiger charge is 2.15. The first-order valence-corrected chi connectivity index (χ1v) is 8.45. The number of carbonyl (C=O) groups excluding carboxylic acids is 1. The van der Waals surface area contributed by atoms with E-state index in [0.717, 1.165) is 11.6 Å². The molecule has 3 rings (SSSR count). The largest absolute Gasteiger partial charge is 0.482 e. The second-order valence-electron chi connectivity index (χ2n) is 5.15. The number of halogens is 1. The van der Waals surface area contributed by atoms with Crippen molar-refractivity contribution in [2.45, 2.75) is 4.90 Å². The normalized spacial score (nSPS) is 14.2. The van der Waals surface area contributed by atoms with Crippen LogP contribution in [-0.2, 0) is 14.8 Å². The number of nitrogens with two attached hydrogens (primary N) is 1. The van der Waals surface area contributed by atoms with Gasteiger partial charge in [0.2, 0.25) is 10.0 Å². The van der Waals surface area contributed by atoms with Crippen molar-refractivity contribution in [2.75, 3.05) is 11.9 Å². The van der Waals surface area contributed by atoms with Gasteiger partial charge in [-0.1, -0.05) is 24.3 Å². The number of sulfonamides is 1. The van der Waals surface area contributed by atoms with Gasteiger partial charge in [-0.25, -0.2) is 17.9 Å². The first-order valence-electron chi connectivity index (χ1n) is 6.90. The highest BCUT2D eigenvalue weighted by atomic mass is 32.2. The van der Waals surface area contributed by atoms with E-state index in [9.17, 15) is 17.6 Å². The molecule has 24 heavy (non-hydrogen) atoms. The minimum atomic E-state index is -3.94. The topological polar surface area (TPSA) is 98.5 Å². The summed E-state index contributed by atoms with van der Waals surface area (Å²) in [7, 11) is -3.94. The molecule has 6 nitrogen and oxygen atoms in total. The Morgan fingerprint density at radius 1 is 1.17 bits per heavy atom. The summed E-state index contributed by atoms with van der Waals surface area (Å²) in [6.07, 6.45) is 3.13. The number of amides is 1. The maximum Gasteiger partial charge on any atom is 0.262 e. The van der Waals surface area contributed by atoms with Crippen molar-refractivity contribution in [3.05, 3.63) is 53.3 Å². The molecule has 1 aliphatic heterocycles. The number of hydrogen-bond acceptors (Lipinski definition) is 4. The summed E-state index contributed by atoms with van der Waals surface area (Å²) in [4.78, 5) is 11.0. The number of carbonyl (C=O) groups is 1. The summed E-state index contributed by atoms with van der Waals surface area (Å²) in [5, 5.41) is 7.64. The Morgan fingerprint density at radius 3 is 2.67 bits per heavy atom. The van der Waals surface area contributed by atoms with Gasteiger partial charge >= 0.3 is 0 Å². The van der Waals surface area contributed by atoms with Crippen LogP contribution in [0.15, 0.2) is 41.3 Å². The molecule has 1 heterocycles. The minimum Gasteiger partial charge on any atom is -0.482 e. The van der Waals surface area contributed by atoms with Crippen molar-refractivity contribution in [3.8, 4) is 5.75 Å². The van der Waals surface area contributed by atoms with Crippen LogP contribution in [0.2, 0.25) is 0 Å². The van der Waals surface area contributed by atoms with E-state index in [-0.39, 0.29) is 23.0 Å². The smallest absolute Gasteiger partial charge is 0.262 e. The Balaban J connectivity index is 1.86. The number of fused-ring (bicyclic) bond motifs is 1. The van der Waals surface area contributed by atoms with Crippen molar-refractivity contribution in [2.24, 2.45) is 5.14 Å². The van der Waals surface area contributed by atoms with E-state index in [0.29, 0.717) is 11.4 Å². The molecule has 0 aromatic heterocycles. The van der Waals surface area contributed by atoms with Crippen LogP contribution in [0.3, 0.4) is 0 Å². The van der Waals surface area contributed by atoms with Crippen molar-refractivity contribution >= 4 is 33.8 Å². The molecule has 0 atom stereocenters. The zero-order valence-electron chi connectivity index (χ0n) is 12.3. The first-order chi connectivity index (χ1) is 11.3. The SMILES string of the molecule is NS(=O)(=O)c1ccc(/C=C/c2ccc3c(c2)NC(=O)CO3)c(F)c1. The molecule has 1 amide bonds. The van der Waals surface area contributed by atoms with Gasteiger partial charge < -0.3 is 10.1 Å². The molecule has 3 N–H and O–H groups in total. The number of ether oxygens (including phenoxy) is 1. The van der Waals surface area contributed by atoms with E-state index < -0.39 is 15.8 Å². The summed E-state index contributed by atoms with van der Waals surface area (Å²) >= 11 is 0. The van der Waals surface area contributed by atoms with Crippen LogP contribution < -0.4 is 15.2 Å². The third kappa shape index (κ3) is 3.44. The molecule has 0 radical (unpaired) electrons. The van der Waals surface area contributed by atoms with E-state index >= 15 is 0 Å². The maximum atomic E-state index is 14.0. The van der Waals surface area contributed by atoms with Gasteiger partial charge in [0.25, 0.3) is 5.91 Å². The molecule has 0 saturated carbocycles. The molecule has 8 heteroatoms. The van der Waals surface area contributed by atoms with E-state index in [1.165, 1.54) is 18.2 Å². The molecule has 0 spiro atoms. The van der Waals surface area contributed by atoms with E-state index in [2.05, 4.69) is 5.32 Å². The van der Waals surface area contributed by atoms with Gasteiger partial charge in [-0.05, 0) is 29.8 Å². The number of nitrogens with one attached hydrogen (secondary N) is 1. The predicted octanol–water partition coefficient (Wildman–Crippen LogP) is 1.97. The third-order valence-electron chi connectivity index (χ3n) is 3.39. The van der Waals surface area contributed by atoms with Gasteiger partial charge in [-0.3, -0.25) is 4.79 Å². The van der Waals surface area contributed by atoms with Crippen LogP contribution in [0.5, 0.6) is 5.75 Å². The van der Waals surface area contributed by atoms with Crippen LogP contribution >= 0.6 is 0 Å². The first kappa shape index (κ1) is 16.2. The molecule has 0 bridgehead atoms. The Labute approximate surface area is 137 Å². The maximum absolute atomic E-state index is 14.0. The monoisotopic (exact) mass is 348 g/mol. The van der Waals surface area contributed by atoms with Crippen molar-refractivity contribution < 1.29 is 22.3 Å². The summed E-state index contributed by atoms with van der Waals surface area (Å²) in [5.41, 5.74) is 1.47. The highest BCUT2D eigenvalue weighted by Crippen LogP contribution is 2.29. The van der Waals surface area contributed by atoms with Crippen molar-refractivity contribution in [3.63, 3.8) is 0 Å². The number of primary sulfonamides is 1. The lowest BCUT2D eigenvalue weighted by Gasteiger charge is -2.17. The third-order valence-corrected chi connectivity index (χ3v) is 4.30. The van der Waals surface area contributed by atoms with E-state index in [1.807, 2.05) is 0 Å². The molecule has 0 saturated heterocycles. The summed E-state index contributed by atoms with van der Waals surface area (Å²) in [5.74, 6) is -0.379. The van der Waals surface area contributed by atoms with Gasteiger partial charge in [0.1, 0.15) is 11.6 Å². The molecule has 1 aliphatic rings. The van der Waals surface area contributed by atoms with Crippen LogP contribution in [0.1, 0.15) is 11.1 Å². The average Bonchev–Trinajstić information content (AvgIpc) is 2.52. The molecule has 2 aromatic rings. The van der Waals surface area contributed by atoms with Crippen molar-refractivity contribution in [1.29, 1.82) is 0 Å². The fourth-order valence-corrected chi connectivity index (χ4v) is 2.74. The molecule has 0 aliphatic carbocycles. The lowest BCUT2D eigenvalue weighted by atomic mass is 10.1. The van der Waals surface area contributed by atoms with Gasteiger partial charge in [0.15, 0.2) is 6.61 Å². The van der Waals surface area contributed by atoms with Gasteiger partial charge in [0.05, 0.1) is 10.6 Å². The van der Waals surface area contributed by atoms with E-state index in [1.54, 1.807) is 24.3 Å². The van der Waals surface area contributed by atoms with Crippen LogP contribution in [0.25, 0.3) is 12.2 Å². The highest BCUT2D eigenvalue weighted by molar-refractivity contribution is 7.89. The van der Waals surface area contributed by atoms with Gasteiger partial charge in [-0.2, -0.15) is 0 Å². The van der Waals surface area contributed by atoms with Crippen LogP contribution in [0.4, 0.5) is 10.1 Å². The Hall–Kier alpha value is -2.71. The fraction of sp³-hybridized carbons (Fsp3) is 0.0625. The Bertz CT molecular complexity index is 955. The average molecular weight is 348 g/mol. The number of rotatable bonds is 3. The lowest BCUT2D eigenvalue weighted by Crippen LogP contribution is -2.25. The molecule has 124 valence electrons. The van der Waals surface area contributed by atoms with Gasteiger partial charge in [0, 0.05) is 5.56 Å². The number of benzene rings is 2. The summed E-state index contributed by atoms with van der Waals surface area (Å²) in [6, 6.07) is 8.58. The number of anilines is 1. The summed E-state index contributed by atoms with van der Waals surface area (Å²) < 4.78 is 41.6. The predicted molar refractivity (Wildman–Crippen MR) is 87.3 cm³/mol. The molecular formula is C16H13FN2O4S. The second kappa shape index (κ2) is 6.06. The van der Waals surface area contributed by atoms with Crippen molar-refractivity contribution in [1.82, 2.24) is 0 Å². The second-order valence-corrected chi connectivity index (χ2v) is 6.72. The Morgan fingerprint density at radius 2 is 1.96 bits per heavy atom.